The summed E-state index contributed by atoms with van der Waals surface area (Å²) in [4.78, 5) is 0. The summed E-state index contributed by atoms with van der Waals surface area (Å²) in [6, 6.07) is 24.7. The van der Waals surface area contributed by atoms with E-state index in [1.807, 2.05) is 43.3 Å². The molecule has 2 nitrogen and oxygen atoms in total. The molecule has 0 aliphatic heterocycles. The van der Waals surface area contributed by atoms with Crippen LogP contribution in [0.4, 0.5) is 5.69 Å². The van der Waals surface area contributed by atoms with E-state index in [-0.39, 0.29) is 0 Å². The third-order valence-electron chi connectivity index (χ3n) is 3.29. The van der Waals surface area contributed by atoms with Gasteiger partial charge in [0.1, 0.15) is 0 Å². The van der Waals surface area contributed by atoms with E-state index in [1.165, 1.54) is 10.8 Å². The largest absolute Gasteiger partial charge is 0.278 e. The molecule has 0 saturated heterocycles. The normalized spacial score (nSPS) is 11.6. The highest BCUT2D eigenvalue weighted by atomic mass is 15.3. The van der Waals surface area contributed by atoms with Gasteiger partial charge in [-0.3, -0.25) is 5.43 Å². The number of hydrogen-bond acceptors (Lipinski definition) is 2. The Morgan fingerprint density at radius 1 is 0.800 bits per heavy atom. The van der Waals surface area contributed by atoms with E-state index >= 15 is 0 Å². The number of benzene rings is 3. The van der Waals surface area contributed by atoms with Gasteiger partial charge in [-0.15, -0.1) is 0 Å². The zero-order chi connectivity index (χ0) is 13.8. The van der Waals surface area contributed by atoms with Crippen molar-refractivity contribution >= 4 is 22.2 Å². The minimum atomic E-state index is 0.971. The number of anilines is 1. The van der Waals surface area contributed by atoms with Crippen LogP contribution >= 0.6 is 0 Å². The summed E-state index contributed by atoms with van der Waals surface area (Å²) in [6.45, 7) is 2.00. The lowest BCUT2D eigenvalue weighted by atomic mass is 10.1. The van der Waals surface area contributed by atoms with Crippen LogP contribution in [0.2, 0.25) is 0 Å². The van der Waals surface area contributed by atoms with Gasteiger partial charge in [0, 0.05) is 0 Å². The summed E-state index contributed by atoms with van der Waals surface area (Å²) in [5.74, 6) is 0. The van der Waals surface area contributed by atoms with Crippen molar-refractivity contribution in [2.45, 2.75) is 6.92 Å². The van der Waals surface area contributed by atoms with Gasteiger partial charge in [0.15, 0.2) is 0 Å². The van der Waals surface area contributed by atoms with Crippen molar-refractivity contribution in [3.63, 3.8) is 0 Å². The summed E-state index contributed by atoms with van der Waals surface area (Å²) >= 11 is 0. The fourth-order valence-electron chi connectivity index (χ4n) is 2.15. The molecule has 0 amide bonds. The number of nitrogens with zero attached hydrogens (tertiary/aromatic N) is 1. The highest BCUT2D eigenvalue weighted by Crippen LogP contribution is 2.18. The molecule has 3 rings (SSSR count). The molecule has 0 aromatic heterocycles. The van der Waals surface area contributed by atoms with Gasteiger partial charge in [-0.2, -0.15) is 5.10 Å². The lowest BCUT2D eigenvalue weighted by molar-refractivity contribution is 1.32. The second kappa shape index (κ2) is 5.57. The Kier molecular flexibility index (Phi) is 3.46. The summed E-state index contributed by atoms with van der Waals surface area (Å²) in [7, 11) is 0. The van der Waals surface area contributed by atoms with Crippen molar-refractivity contribution < 1.29 is 0 Å². The molecule has 0 aliphatic carbocycles. The Morgan fingerprint density at radius 2 is 1.50 bits per heavy atom. The van der Waals surface area contributed by atoms with Crippen LogP contribution in [0.25, 0.3) is 10.8 Å². The van der Waals surface area contributed by atoms with E-state index < -0.39 is 0 Å². The van der Waals surface area contributed by atoms with Crippen LogP contribution in [0.15, 0.2) is 77.9 Å². The minimum absolute atomic E-state index is 0.971. The predicted octanol–water partition coefficient (Wildman–Crippen LogP) is 4.68. The monoisotopic (exact) mass is 260 g/mol. The maximum atomic E-state index is 4.44. The van der Waals surface area contributed by atoms with Crippen molar-refractivity contribution in [3.8, 4) is 0 Å². The zero-order valence-electron chi connectivity index (χ0n) is 11.4. The van der Waals surface area contributed by atoms with E-state index in [2.05, 4.69) is 46.9 Å². The lowest BCUT2D eigenvalue weighted by Gasteiger charge is -2.05. The van der Waals surface area contributed by atoms with Gasteiger partial charge in [0.2, 0.25) is 0 Å². The first kappa shape index (κ1) is 12.4. The van der Waals surface area contributed by atoms with Crippen molar-refractivity contribution in [1.82, 2.24) is 0 Å². The maximum Gasteiger partial charge on any atom is 0.0648 e. The third kappa shape index (κ3) is 2.69. The van der Waals surface area contributed by atoms with Gasteiger partial charge in [-0.25, -0.2) is 0 Å². The second-order valence-corrected chi connectivity index (χ2v) is 4.74. The van der Waals surface area contributed by atoms with Crippen LogP contribution < -0.4 is 5.43 Å². The molecule has 0 aliphatic rings. The number of fused-ring (bicyclic) bond motifs is 1. The summed E-state index contributed by atoms with van der Waals surface area (Å²) in [6.07, 6.45) is 0. The highest BCUT2D eigenvalue weighted by Gasteiger charge is 1.97. The van der Waals surface area contributed by atoms with E-state index in [1.54, 1.807) is 0 Å². The summed E-state index contributed by atoms with van der Waals surface area (Å²) in [5.41, 5.74) is 6.22. The molecule has 0 radical (unpaired) electrons. The molecule has 0 heterocycles. The van der Waals surface area contributed by atoms with Crippen LogP contribution in [-0.4, -0.2) is 5.71 Å². The topological polar surface area (TPSA) is 24.4 Å². The molecular weight excluding hydrogens is 244 g/mol. The van der Waals surface area contributed by atoms with Crippen LogP contribution in [0, 0.1) is 0 Å². The van der Waals surface area contributed by atoms with Crippen molar-refractivity contribution in [2.75, 3.05) is 5.43 Å². The molecule has 0 unspecified atom stereocenters. The van der Waals surface area contributed by atoms with Crippen LogP contribution in [-0.2, 0) is 0 Å². The standard InChI is InChI=1S/C18H16N2/c1-14(15-7-3-2-4-8-15)19-20-18-12-11-16-9-5-6-10-17(16)13-18/h2-13,20H,1H3/b19-14+. The maximum absolute atomic E-state index is 4.44. The van der Waals surface area contributed by atoms with Crippen LogP contribution in [0.3, 0.4) is 0 Å². The molecule has 0 saturated carbocycles. The lowest BCUT2D eigenvalue weighted by Crippen LogP contribution is -1.99. The van der Waals surface area contributed by atoms with Gasteiger partial charge in [-0.05, 0) is 35.4 Å². The smallest absolute Gasteiger partial charge is 0.0648 e. The van der Waals surface area contributed by atoms with Gasteiger partial charge in [0.25, 0.3) is 0 Å². The van der Waals surface area contributed by atoms with Crippen molar-refractivity contribution in [3.05, 3.63) is 78.4 Å². The Hall–Kier alpha value is -2.61. The van der Waals surface area contributed by atoms with Crippen LogP contribution in [0.5, 0.6) is 0 Å². The molecule has 3 aromatic carbocycles. The minimum Gasteiger partial charge on any atom is -0.278 e. The fraction of sp³-hybridized carbons (Fsp3) is 0.0556. The van der Waals surface area contributed by atoms with Crippen molar-refractivity contribution in [1.29, 1.82) is 0 Å². The Morgan fingerprint density at radius 3 is 2.30 bits per heavy atom. The third-order valence-corrected chi connectivity index (χ3v) is 3.29. The second-order valence-electron chi connectivity index (χ2n) is 4.74. The molecule has 98 valence electrons. The molecule has 2 heteroatoms. The molecule has 0 fully saturated rings. The molecule has 0 spiro atoms. The first-order valence-corrected chi connectivity index (χ1v) is 6.67. The van der Waals surface area contributed by atoms with E-state index in [4.69, 9.17) is 0 Å². The van der Waals surface area contributed by atoms with Gasteiger partial charge in [0.05, 0.1) is 11.4 Å². The van der Waals surface area contributed by atoms with E-state index in [0.717, 1.165) is 17.0 Å². The molecular formula is C18H16N2. The predicted molar refractivity (Wildman–Crippen MR) is 86.2 cm³/mol. The molecule has 3 aromatic rings. The van der Waals surface area contributed by atoms with Gasteiger partial charge < -0.3 is 0 Å². The number of nitrogens with one attached hydrogen (secondary N) is 1. The van der Waals surface area contributed by atoms with E-state index in [0.29, 0.717) is 0 Å². The summed E-state index contributed by atoms with van der Waals surface area (Å²) in [5, 5.41) is 6.89. The molecule has 1 N–H and O–H groups in total. The quantitative estimate of drug-likeness (QED) is 0.537. The molecule has 0 bridgehead atoms. The molecule has 0 atom stereocenters. The summed E-state index contributed by atoms with van der Waals surface area (Å²) < 4.78 is 0. The number of hydrazone groups is 1. The number of rotatable bonds is 3. The molecule has 20 heavy (non-hydrogen) atoms. The Balaban J connectivity index is 1.83. The average molecular weight is 260 g/mol. The Bertz CT molecular complexity index is 745. The average Bonchev–Trinajstić information content (AvgIpc) is 2.53. The van der Waals surface area contributed by atoms with Gasteiger partial charge >= 0.3 is 0 Å². The number of hydrogen-bond donors (Lipinski definition) is 1. The van der Waals surface area contributed by atoms with Gasteiger partial charge in [-0.1, -0.05) is 60.7 Å². The first-order valence-electron chi connectivity index (χ1n) is 6.67. The van der Waals surface area contributed by atoms with E-state index in [9.17, 15) is 0 Å². The Labute approximate surface area is 118 Å². The fourth-order valence-corrected chi connectivity index (χ4v) is 2.15. The highest BCUT2D eigenvalue weighted by molar-refractivity contribution is 5.99. The first-order chi connectivity index (χ1) is 9.83. The van der Waals surface area contributed by atoms with Crippen LogP contribution in [0.1, 0.15) is 12.5 Å². The zero-order valence-corrected chi connectivity index (χ0v) is 11.4. The van der Waals surface area contributed by atoms with Crippen molar-refractivity contribution in [2.24, 2.45) is 5.10 Å². The SMILES string of the molecule is C/C(=N\Nc1ccc2ccccc2c1)c1ccccc1.